The standard InChI is InChI=1S/C37H42ClF3N8O3/c1-6-34(2,3)16-30(50)52-19-29(23-9-14-28(38)27(15-23)31-43-21-44-47-31)49-32(51)36(46-33(49)42,20-35(4,5)37(39,40)41)25-10-7-22(8-11-25)24-17-45-48(18-24)26-12-13-26/h7-11,14-15,17-18,21,26,29H,6,12-13,16,19-20H2,1-5H3,(H2,42,46)(H,43,44,47)/t29-,36-/m1/s1. The number of hydrogen-bond donors (Lipinski definition) is 2. The number of nitrogens with one attached hydrogen (secondary N) is 1. The highest BCUT2D eigenvalue weighted by Crippen LogP contribution is 2.51. The van der Waals surface area contributed by atoms with Gasteiger partial charge in [-0.15, -0.1) is 0 Å². The number of guanidine groups is 1. The van der Waals surface area contributed by atoms with Crippen LogP contribution in [0.5, 0.6) is 0 Å². The molecule has 52 heavy (non-hydrogen) atoms. The smallest absolute Gasteiger partial charge is 0.394 e. The molecule has 1 amide bonds. The molecule has 4 aromatic rings. The van der Waals surface area contributed by atoms with E-state index >= 15 is 0 Å². The van der Waals surface area contributed by atoms with E-state index in [4.69, 9.17) is 22.1 Å². The van der Waals surface area contributed by atoms with Crippen molar-refractivity contribution in [1.29, 1.82) is 0 Å². The van der Waals surface area contributed by atoms with Crippen LogP contribution in [-0.2, 0) is 19.9 Å². The van der Waals surface area contributed by atoms with Crippen molar-refractivity contribution in [1.82, 2.24) is 29.9 Å². The molecule has 2 atom stereocenters. The molecule has 15 heteroatoms. The van der Waals surface area contributed by atoms with Gasteiger partial charge < -0.3 is 10.5 Å². The van der Waals surface area contributed by atoms with Gasteiger partial charge in [-0.05, 0) is 53.5 Å². The molecule has 3 heterocycles. The number of esters is 1. The average Bonchev–Trinajstić information content (AvgIpc) is 3.45. The summed E-state index contributed by atoms with van der Waals surface area (Å²) in [6.45, 7) is 7.55. The summed E-state index contributed by atoms with van der Waals surface area (Å²) < 4.78 is 51.4. The molecule has 2 aromatic carbocycles. The molecule has 276 valence electrons. The molecular weight excluding hydrogens is 697 g/mol. The second kappa shape index (κ2) is 13.7. The van der Waals surface area contributed by atoms with Crippen molar-refractivity contribution in [2.75, 3.05) is 6.61 Å². The second-order valence-electron chi connectivity index (χ2n) is 15.0. The molecule has 6 rings (SSSR count). The fraction of sp³-hybridized carbons (Fsp3) is 0.459. The van der Waals surface area contributed by atoms with Crippen molar-refractivity contribution < 1.29 is 27.5 Å². The lowest BCUT2D eigenvalue weighted by atomic mass is 9.74. The van der Waals surface area contributed by atoms with Gasteiger partial charge in [0, 0.05) is 17.3 Å². The maximum Gasteiger partial charge on any atom is 0.394 e. The number of amides is 1. The van der Waals surface area contributed by atoms with Crippen LogP contribution >= 0.6 is 11.6 Å². The van der Waals surface area contributed by atoms with E-state index in [0.29, 0.717) is 34.4 Å². The quantitative estimate of drug-likeness (QED) is 0.133. The molecule has 1 aliphatic carbocycles. The molecule has 0 unspecified atom stereocenters. The van der Waals surface area contributed by atoms with Gasteiger partial charge in [0.05, 0.1) is 35.1 Å². The molecule has 1 saturated carbocycles. The largest absolute Gasteiger partial charge is 0.463 e. The van der Waals surface area contributed by atoms with Gasteiger partial charge in [0.25, 0.3) is 5.91 Å². The molecule has 0 radical (unpaired) electrons. The molecular formula is C37H42ClF3N8O3. The highest BCUT2D eigenvalue weighted by molar-refractivity contribution is 6.33. The normalized spacial score (nSPS) is 18.8. The van der Waals surface area contributed by atoms with E-state index in [1.165, 1.54) is 6.33 Å². The summed E-state index contributed by atoms with van der Waals surface area (Å²) in [5.74, 6) is -1.27. The highest BCUT2D eigenvalue weighted by Gasteiger charge is 2.59. The first-order valence-electron chi connectivity index (χ1n) is 17.2. The van der Waals surface area contributed by atoms with Crippen molar-refractivity contribution >= 4 is 29.4 Å². The van der Waals surface area contributed by atoms with Crippen molar-refractivity contribution in [2.45, 2.75) is 90.5 Å². The van der Waals surface area contributed by atoms with Crippen LogP contribution in [0.15, 0.2) is 66.2 Å². The fourth-order valence-electron chi connectivity index (χ4n) is 6.34. The first kappa shape index (κ1) is 37.1. The Kier molecular flexibility index (Phi) is 9.75. The molecule has 1 aliphatic heterocycles. The van der Waals surface area contributed by atoms with Crippen LogP contribution in [-0.4, -0.2) is 60.5 Å². The van der Waals surface area contributed by atoms with Crippen molar-refractivity contribution in [3.8, 4) is 22.5 Å². The number of nitrogens with zero attached hydrogens (tertiary/aromatic N) is 6. The number of benzene rings is 2. The maximum atomic E-state index is 15.0. The van der Waals surface area contributed by atoms with E-state index < -0.39 is 41.5 Å². The number of aromatic amines is 1. The Bertz CT molecular complexity index is 1970. The van der Waals surface area contributed by atoms with E-state index in [9.17, 15) is 22.8 Å². The Morgan fingerprint density at radius 3 is 2.44 bits per heavy atom. The monoisotopic (exact) mass is 738 g/mol. The molecule has 0 spiro atoms. The number of halogens is 4. The second-order valence-corrected chi connectivity index (χ2v) is 15.5. The summed E-state index contributed by atoms with van der Waals surface area (Å²) in [6, 6.07) is 10.9. The van der Waals surface area contributed by atoms with Crippen LogP contribution < -0.4 is 5.73 Å². The van der Waals surface area contributed by atoms with E-state index in [0.717, 1.165) is 42.7 Å². The van der Waals surface area contributed by atoms with Gasteiger partial charge in [0.2, 0.25) is 0 Å². The number of H-pyrrole nitrogens is 1. The number of carbonyl (C=O) groups excluding carboxylic acids is 2. The van der Waals surface area contributed by atoms with Gasteiger partial charge in [-0.3, -0.25) is 24.3 Å². The van der Waals surface area contributed by atoms with Gasteiger partial charge in [0.1, 0.15) is 12.9 Å². The third kappa shape index (κ3) is 7.30. The maximum absolute atomic E-state index is 15.0. The molecule has 11 nitrogen and oxygen atoms in total. The van der Waals surface area contributed by atoms with Gasteiger partial charge >= 0.3 is 12.1 Å². The Labute approximate surface area is 304 Å². The number of alkyl halides is 3. The average molecular weight is 739 g/mol. The molecule has 3 N–H and O–H groups in total. The Morgan fingerprint density at radius 2 is 1.83 bits per heavy atom. The van der Waals surface area contributed by atoms with E-state index in [2.05, 4.69) is 25.3 Å². The Morgan fingerprint density at radius 1 is 1.12 bits per heavy atom. The van der Waals surface area contributed by atoms with Gasteiger partial charge in [-0.2, -0.15) is 23.4 Å². The van der Waals surface area contributed by atoms with Crippen molar-refractivity contribution in [3.63, 3.8) is 0 Å². The number of hydrogen-bond acceptors (Lipinski definition) is 8. The van der Waals surface area contributed by atoms with Gasteiger partial charge in [-0.25, -0.2) is 9.98 Å². The lowest BCUT2D eigenvalue weighted by molar-refractivity contribution is -0.218. The van der Waals surface area contributed by atoms with Crippen LogP contribution in [0.25, 0.3) is 22.5 Å². The summed E-state index contributed by atoms with van der Waals surface area (Å²) in [5, 5.41) is 11.4. The molecule has 2 aromatic heterocycles. The number of carbonyl (C=O) groups is 2. The van der Waals surface area contributed by atoms with Gasteiger partial charge in [0.15, 0.2) is 17.3 Å². The lowest BCUT2D eigenvalue weighted by Gasteiger charge is -2.37. The number of aromatic nitrogens is 5. The molecule has 2 aliphatic rings. The van der Waals surface area contributed by atoms with Crippen LogP contribution in [0.2, 0.25) is 5.02 Å². The number of aliphatic imine (C=N–C) groups is 1. The predicted molar refractivity (Wildman–Crippen MR) is 190 cm³/mol. The lowest BCUT2D eigenvalue weighted by Crippen LogP contribution is -2.49. The van der Waals surface area contributed by atoms with Gasteiger partial charge in [-0.1, -0.05) is 83.0 Å². The SMILES string of the molecule is CCC(C)(C)CC(=O)OC[C@H](c1ccc(Cl)c(-c2ncn[nH]2)c1)N1C(=O)[C@@](CC(C)(C)C(F)(F)F)(c2ccc(-c3cnn(C4CC4)c3)cc2)N=C1N. The molecule has 0 saturated heterocycles. The Hall–Kier alpha value is -4.72. The first-order chi connectivity index (χ1) is 24.4. The zero-order chi connectivity index (χ0) is 37.6. The minimum Gasteiger partial charge on any atom is -0.463 e. The van der Waals surface area contributed by atoms with Crippen LogP contribution in [0.1, 0.15) is 89.9 Å². The van der Waals surface area contributed by atoms with E-state index in [-0.39, 0.29) is 30.0 Å². The minimum absolute atomic E-state index is 0.104. The highest BCUT2D eigenvalue weighted by atomic mass is 35.5. The summed E-state index contributed by atoms with van der Waals surface area (Å²) in [6.07, 6.45) is 2.50. The number of nitrogens with two attached hydrogens (primary N) is 1. The Balaban J connectivity index is 1.42. The summed E-state index contributed by atoms with van der Waals surface area (Å²) in [4.78, 5) is 38.0. The fourth-order valence-corrected chi connectivity index (χ4v) is 6.54. The predicted octanol–water partition coefficient (Wildman–Crippen LogP) is 7.77. The zero-order valence-corrected chi connectivity index (χ0v) is 30.4. The van der Waals surface area contributed by atoms with Crippen molar-refractivity contribution in [2.24, 2.45) is 21.6 Å². The zero-order valence-electron chi connectivity index (χ0n) is 29.7. The molecule has 0 bridgehead atoms. The minimum atomic E-state index is -4.68. The van der Waals surface area contributed by atoms with Crippen molar-refractivity contribution in [3.05, 3.63) is 77.3 Å². The van der Waals surface area contributed by atoms with Crippen LogP contribution in [0.3, 0.4) is 0 Å². The van der Waals surface area contributed by atoms with Crippen LogP contribution in [0.4, 0.5) is 13.2 Å². The third-order valence-electron chi connectivity index (χ3n) is 10.1. The van der Waals surface area contributed by atoms with E-state index in [1.807, 2.05) is 31.6 Å². The number of rotatable bonds is 13. The number of ether oxygens (including phenoxy) is 1. The van der Waals surface area contributed by atoms with Crippen LogP contribution in [0, 0.1) is 10.8 Å². The summed E-state index contributed by atoms with van der Waals surface area (Å²) in [7, 11) is 0. The molecule has 1 fully saturated rings. The topological polar surface area (TPSA) is 144 Å². The summed E-state index contributed by atoms with van der Waals surface area (Å²) in [5.41, 5.74) is 4.51. The third-order valence-corrected chi connectivity index (χ3v) is 10.5. The van der Waals surface area contributed by atoms with E-state index in [1.54, 1.807) is 48.7 Å². The first-order valence-corrected chi connectivity index (χ1v) is 17.5. The summed E-state index contributed by atoms with van der Waals surface area (Å²) >= 11 is 6.53.